The lowest BCUT2D eigenvalue weighted by atomic mass is 9.96. The normalized spacial score (nSPS) is 21.3. The van der Waals surface area contributed by atoms with Crippen molar-refractivity contribution in [1.29, 1.82) is 0 Å². The Kier molecular flexibility index (Phi) is 5.83. The summed E-state index contributed by atoms with van der Waals surface area (Å²) in [6.07, 6.45) is 3.00. The summed E-state index contributed by atoms with van der Waals surface area (Å²) in [5, 5.41) is 5.08. The number of hydrogen-bond acceptors (Lipinski definition) is 5. The smallest absolute Gasteiger partial charge is 0.234 e. The minimum Gasteiger partial charge on any atom is -0.355 e. The van der Waals surface area contributed by atoms with Gasteiger partial charge in [-0.1, -0.05) is 6.07 Å². The van der Waals surface area contributed by atoms with Gasteiger partial charge in [0.1, 0.15) is 0 Å². The molecule has 6 heteroatoms. The van der Waals surface area contributed by atoms with Gasteiger partial charge in [-0.25, -0.2) is 0 Å². The molecule has 2 saturated heterocycles. The highest BCUT2D eigenvalue weighted by Gasteiger charge is 2.30. The fraction of sp³-hybridized carbons (Fsp3) is 0.688. The van der Waals surface area contributed by atoms with E-state index in [0.29, 0.717) is 12.5 Å². The minimum atomic E-state index is -0.0122. The molecule has 3 rings (SSSR count). The summed E-state index contributed by atoms with van der Waals surface area (Å²) in [4.78, 5) is 15.5. The third-order valence-corrected chi connectivity index (χ3v) is 5.24. The van der Waals surface area contributed by atoms with Crippen LogP contribution < -0.4 is 5.32 Å². The number of piperidine rings is 1. The van der Waals surface area contributed by atoms with Gasteiger partial charge in [0.2, 0.25) is 5.91 Å². The van der Waals surface area contributed by atoms with Crippen molar-refractivity contribution >= 4 is 17.2 Å². The Morgan fingerprint density at radius 2 is 2.09 bits per heavy atom. The highest BCUT2D eigenvalue weighted by Crippen LogP contribution is 2.25. The molecule has 0 unspecified atom stereocenters. The van der Waals surface area contributed by atoms with Crippen molar-refractivity contribution in [2.45, 2.75) is 25.6 Å². The Balaban J connectivity index is 1.31. The van der Waals surface area contributed by atoms with Crippen molar-refractivity contribution in [3.63, 3.8) is 0 Å². The van der Waals surface area contributed by atoms with E-state index in [-0.39, 0.29) is 12.2 Å². The van der Waals surface area contributed by atoms with E-state index in [4.69, 9.17) is 9.47 Å². The first-order valence-electron chi connectivity index (χ1n) is 8.06. The number of nitrogens with zero attached hydrogens (tertiary/aromatic N) is 1. The highest BCUT2D eigenvalue weighted by atomic mass is 32.1. The van der Waals surface area contributed by atoms with E-state index in [1.807, 2.05) is 6.07 Å². The predicted octanol–water partition coefficient (Wildman–Crippen LogP) is 1.49. The maximum atomic E-state index is 12.0. The molecule has 3 heterocycles. The molecular formula is C16H24N2O3S. The van der Waals surface area contributed by atoms with Gasteiger partial charge in [-0.15, -0.1) is 11.3 Å². The molecule has 0 spiro atoms. The summed E-state index contributed by atoms with van der Waals surface area (Å²) >= 11 is 1.74. The van der Waals surface area contributed by atoms with Gasteiger partial charge in [-0.05, 0) is 43.8 Å². The number of carbonyl (C=O) groups excluding carboxylic acids is 1. The molecule has 1 aromatic heterocycles. The fourth-order valence-electron chi connectivity index (χ4n) is 3.07. The Morgan fingerprint density at radius 1 is 1.32 bits per heavy atom. The molecule has 122 valence electrons. The van der Waals surface area contributed by atoms with Crippen LogP contribution in [0, 0.1) is 5.92 Å². The lowest BCUT2D eigenvalue weighted by Crippen LogP contribution is -2.43. The van der Waals surface area contributed by atoms with Gasteiger partial charge in [0.15, 0.2) is 6.29 Å². The first-order valence-corrected chi connectivity index (χ1v) is 8.94. The Hall–Kier alpha value is -0.950. The van der Waals surface area contributed by atoms with E-state index >= 15 is 0 Å². The summed E-state index contributed by atoms with van der Waals surface area (Å²) in [5.74, 6) is 0.615. The van der Waals surface area contributed by atoms with Crippen molar-refractivity contribution in [3.05, 3.63) is 22.4 Å². The highest BCUT2D eigenvalue weighted by molar-refractivity contribution is 7.09. The summed E-state index contributed by atoms with van der Waals surface area (Å²) in [7, 11) is 0. The predicted molar refractivity (Wildman–Crippen MR) is 85.9 cm³/mol. The van der Waals surface area contributed by atoms with Crippen molar-refractivity contribution in [1.82, 2.24) is 10.2 Å². The van der Waals surface area contributed by atoms with Crippen molar-refractivity contribution in [2.24, 2.45) is 5.92 Å². The van der Waals surface area contributed by atoms with Crippen LogP contribution in [0.4, 0.5) is 0 Å². The number of amides is 1. The second kappa shape index (κ2) is 8.06. The van der Waals surface area contributed by atoms with E-state index in [1.54, 1.807) is 11.3 Å². The Morgan fingerprint density at radius 3 is 2.77 bits per heavy atom. The van der Waals surface area contributed by atoms with Gasteiger partial charge in [0.25, 0.3) is 0 Å². The number of carbonyl (C=O) groups is 1. The maximum absolute atomic E-state index is 12.0. The summed E-state index contributed by atoms with van der Waals surface area (Å²) in [5.41, 5.74) is 0. The average Bonchev–Trinajstić information content (AvgIpc) is 3.21. The molecule has 1 aromatic rings. The van der Waals surface area contributed by atoms with Crippen LogP contribution in [0.2, 0.25) is 0 Å². The number of ether oxygens (including phenoxy) is 2. The summed E-state index contributed by atoms with van der Waals surface area (Å²) < 4.78 is 11.2. The van der Waals surface area contributed by atoms with Crippen LogP contribution in [0.1, 0.15) is 17.7 Å². The monoisotopic (exact) mass is 324 g/mol. The fourth-order valence-corrected chi connectivity index (χ4v) is 3.78. The maximum Gasteiger partial charge on any atom is 0.234 e. The first-order chi connectivity index (χ1) is 10.8. The second-order valence-electron chi connectivity index (χ2n) is 5.90. The van der Waals surface area contributed by atoms with Crippen molar-refractivity contribution < 1.29 is 14.3 Å². The molecule has 1 amide bonds. The number of likely N-dealkylation sites (tertiary alicyclic amines) is 1. The van der Waals surface area contributed by atoms with E-state index < -0.39 is 0 Å². The van der Waals surface area contributed by atoms with Crippen LogP contribution in [-0.4, -0.2) is 56.5 Å². The molecule has 0 atom stereocenters. The molecule has 2 fully saturated rings. The van der Waals surface area contributed by atoms with Crippen LogP contribution >= 0.6 is 11.3 Å². The molecule has 22 heavy (non-hydrogen) atoms. The Labute approximate surface area is 135 Å². The average molecular weight is 324 g/mol. The third-order valence-electron chi connectivity index (χ3n) is 4.31. The molecule has 2 aliphatic heterocycles. The van der Waals surface area contributed by atoms with Gasteiger partial charge >= 0.3 is 0 Å². The summed E-state index contributed by atoms with van der Waals surface area (Å²) in [6.45, 7) is 4.57. The SMILES string of the molecule is O=C(CN1CCC(C2OCCO2)CC1)NCCc1cccs1. The number of rotatable bonds is 6. The quantitative estimate of drug-likeness (QED) is 0.861. The second-order valence-corrected chi connectivity index (χ2v) is 6.94. The molecule has 0 aromatic carbocycles. The van der Waals surface area contributed by atoms with Crippen molar-refractivity contribution in [3.8, 4) is 0 Å². The van der Waals surface area contributed by atoms with E-state index in [0.717, 1.165) is 52.1 Å². The lowest BCUT2D eigenvalue weighted by Gasteiger charge is -2.33. The first kappa shape index (κ1) is 15.9. The summed E-state index contributed by atoms with van der Waals surface area (Å²) in [6, 6.07) is 4.15. The van der Waals surface area contributed by atoms with Crippen molar-refractivity contribution in [2.75, 3.05) is 39.4 Å². The van der Waals surface area contributed by atoms with E-state index in [9.17, 15) is 4.79 Å². The van der Waals surface area contributed by atoms with Crippen LogP contribution in [0.25, 0.3) is 0 Å². The number of hydrogen-bond donors (Lipinski definition) is 1. The van der Waals surface area contributed by atoms with Crippen LogP contribution in [-0.2, 0) is 20.7 Å². The standard InChI is InChI=1S/C16H24N2O3S/c19-15(17-6-3-14-2-1-11-22-14)12-18-7-4-13(5-8-18)16-20-9-10-21-16/h1-2,11,13,16H,3-10,12H2,(H,17,19). The van der Waals surface area contributed by atoms with Crippen LogP contribution in [0.15, 0.2) is 17.5 Å². The van der Waals surface area contributed by atoms with Gasteiger partial charge in [-0.3, -0.25) is 9.69 Å². The zero-order chi connectivity index (χ0) is 15.2. The lowest BCUT2D eigenvalue weighted by molar-refractivity contribution is -0.123. The van der Waals surface area contributed by atoms with E-state index in [1.165, 1.54) is 4.88 Å². The zero-order valence-corrected chi connectivity index (χ0v) is 13.6. The molecule has 0 saturated carbocycles. The van der Waals surface area contributed by atoms with Gasteiger partial charge < -0.3 is 14.8 Å². The molecule has 0 aliphatic carbocycles. The molecular weight excluding hydrogens is 300 g/mol. The molecule has 2 aliphatic rings. The number of nitrogens with one attached hydrogen (secondary N) is 1. The molecule has 5 nitrogen and oxygen atoms in total. The zero-order valence-electron chi connectivity index (χ0n) is 12.8. The van der Waals surface area contributed by atoms with Crippen LogP contribution in [0.5, 0.6) is 0 Å². The Bertz CT molecular complexity index is 452. The largest absolute Gasteiger partial charge is 0.355 e. The van der Waals surface area contributed by atoms with Gasteiger partial charge in [0.05, 0.1) is 19.8 Å². The minimum absolute atomic E-state index is 0.0122. The third kappa shape index (κ3) is 4.52. The molecule has 0 bridgehead atoms. The van der Waals surface area contributed by atoms with E-state index in [2.05, 4.69) is 21.7 Å². The molecule has 0 radical (unpaired) electrons. The van der Waals surface area contributed by atoms with Crippen LogP contribution in [0.3, 0.4) is 0 Å². The van der Waals surface area contributed by atoms with Gasteiger partial charge in [0, 0.05) is 17.3 Å². The number of thiophene rings is 1. The van der Waals surface area contributed by atoms with Gasteiger partial charge in [-0.2, -0.15) is 0 Å². The topological polar surface area (TPSA) is 50.8 Å². The molecule has 1 N–H and O–H groups in total.